The molecule has 5 heteroatoms. The zero-order valence-corrected chi connectivity index (χ0v) is 14.8. The Labute approximate surface area is 152 Å². The van der Waals surface area contributed by atoms with Crippen LogP contribution in [0.5, 0.6) is 0 Å². The Hall–Kier alpha value is -2.33. The van der Waals surface area contributed by atoms with Crippen molar-refractivity contribution >= 4 is 29.1 Å². The van der Waals surface area contributed by atoms with Crippen molar-refractivity contribution in [2.24, 2.45) is 11.8 Å². The maximum Gasteiger partial charge on any atom is 0.228 e. The standard InChI is InChI=1S/C20H21ClN2O2/c1-13-5-2-3-8-18(13)23-20(25)17-12-16(17)19(24)22-10-9-14-6-4-7-15(21)11-14/h2-8,11,16-17H,9-10,12H2,1H3,(H,22,24)(H,23,25). The number of amides is 2. The molecule has 0 aromatic heterocycles. The molecule has 2 aromatic rings. The predicted octanol–water partition coefficient (Wildman–Crippen LogP) is 3.58. The Balaban J connectivity index is 1.44. The third kappa shape index (κ3) is 4.60. The molecule has 1 aliphatic rings. The molecule has 2 atom stereocenters. The van der Waals surface area contributed by atoms with Crippen LogP contribution in [0.15, 0.2) is 48.5 Å². The van der Waals surface area contributed by atoms with E-state index in [4.69, 9.17) is 11.6 Å². The van der Waals surface area contributed by atoms with E-state index < -0.39 is 0 Å². The Morgan fingerprint density at radius 1 is 1.08 bits per heavy atom. The van der Waals surface area contributed by atoms with Gasteiger partial charge in [0, 0.05) is 17.3 Å². The van der Waals surface area contributed by atoms with Gasteiger partial charge >= 0.3 is 0 Å². The summed E-state index contributed by atoms with van der Waals surface area (Å²) in [6.45, 7) is 2.49. The molecule has 130 valence electrons. The van der Waals surface area contributed by atoms with Gasteiger partial charge in [-0.05, 0) is 49.1 Å². The van der Waals surface area contributed by atoms with E-state index in [-0.39, 0.29) is 23.7 Å². The fraction of sp³-hybridized carbons (Fsp3) is 0.300. The molecule has 1 aliphatic carbocycles. The van der Waals surface area contributed by atoms with Crippen LogP contribution in [0.4, 0.5) is 5.69 Å². The van der Waals surface area contributed by atoms with Gasteiger partial charge in [0.05, 0.1) is 11.8 Å². The molecular formula is C20H21ClN2O2. The molecule has 2 unspecified atom stereocenters. The molecule has 0 bridgehead atoms. The summed E-state index contributed by atoms with van der Waals surface area (Å²) in [5, 5.41) is 6.52. The van der Waals surface area contributed by atoms with Gasteiger partial charge < -0.3 is 10.6 Å². The second-order valence-electron chi connectivity index (χ2n) is 6.42. The molecule has 25 heavy (non-hydrogen) atoms. The summed E-state index contributed by atoms with van der Waals surface area (Å²) in [5.41, 5.74) is 2.90. The summed E-state index contributed by atoms with van der Waals surface area (Å²) in [6.07, 6.45) is 1.33. The van der Waals surface area contributed by atoms with Gasteiger partial charge in [0.25, 0.3) is 0 Å². The highest BCUT2D eigenvalue weighted by molar-refractivity contribution is 6.30. The fourth-order valence-electron chi connectivity index (χ4n) is 2.87. The van der Waals surface area contributed by atoms with Crippen molar-refractivity contribution in [3.63, 3.8) is 0 Å². The van der Waals surface area contributed by atoms with Crippen LogP contribution < -0.4 is 10.6 Å². The topological polar surface area (TPSA) is 58.2 Å². The summed E-state index contributed by atoms with van der Waals surface area (Å²) in [5.74, 6) is -0.578. The highest BCUT2D eigenvalue weighted by Gasteiger charge is 2.47. The first-order chi connectivity index (χ1) is 12.0. The van der Waals surface area contributed by atoms with Crippen LogP contribution in [0.3, 0.4) is 0 Å². The van der Waals surface area contributed by atoms with Crippen LogP contribution in [-0.4, -0.2) is 18.4 Å². The number of anilines is 1. The number of benzene rings is 2. The van der Waals surface area contributed by atoms with Crippen molar-refractivity contribution in [2.45, 2.75) is 19.8 Å². The number of para-hydroxylation sites is 1. The van der Waals surface area contributed by atoms with Gasteiger partial charge in [0.2, 0.25) is 11.8 Å². The van der Waals surface area contributed by atoms with E-state index in [1.54, 1.807) is 0 Å². The van der Waals surface area contributed by atoms with Gasteiger partial charge in [-0.25, -0.2) is 0 Å². The van der Waals surface area contributed by atoms with Gasteiger partial charge in [-0.1, -0.05) is 41.9 Å². The van der Waals surface area contributed by atoms with Crippen molar-refractivity contribution < 1.29 is 9.59 Å². The zero-order valence-electron chi connectivity index (χ0n) is 14.1. The number of aryl methyl sites for hydroxylation is 1. The molecule has 1 fully saturated rings. The van der Waals surface area contributed by atoms with Crippen LogP contribution >= 0.6 is 11.6 Å². The monoisotopic (exact) mass is 356 g/mol. The molecule has 2 aromatic carbocycles. The summed E-state index contributed by atoms with van der Waals surface area (Å²) < 4.78 is 0. The molecule has 4 nitrogen and oxygen atoms in total. The summed E-state index contributed by atoms with van der Waals surface area (Å²) in [6, 6.07) is 15.2. The normalized spacial score (nSPS) is 18.5. The number of rotatable bonds is 6. The molecule has 0 radical (unpaired) electrons. The third-order valence-electron chi connectivity index (χ3n) is 4.47. The second-order valence-corrected chi connectivity index (χ2v) is 6.86. The van der Waals surface area contributed by atoms with E-state index in [0.717, 1.165) is 23.2 Å². The van der Waals surface area contributed by atoms with Crippen LogP contribution in [0.1, 0.15) is 17.5 Å². The number of hydrogen-bond donors (Lipinski definition) is 2. The number of halogens is 1. The molecular weight excluding hydrogens is 336 g/mol. The van der Waals surface area contributed by atoms with Crippen LogP contribution in [-0.2, 0) is 16.0 Å². The summed E-state index contributed by atoms with van der Waals surface area (Å²) >= 11 is 5.95. The molecule has 0 spiro atoms. The van der Waals surface area contributed by atoms with Gasteiger partial charge in [0.1, 0.15) is 0 Å². The number of carbonyl (C=O) groups is 2. The minimum atomic E-state index is -0.231. The highest BCUT2D eigenvalue weighted by Crippen LogP contribution is 2.39. The Morgan fingerprint density at radius 3 is 2.60 bits per heavy atom. The third-order valence-corrected chi connectivity index (χ3v) is 4.70. The van der Waals surface area contributed by atoms with Gasteiger partial charge in [-0.2, -0.15) is 0 Å². The second kappa shape index (κ2) is 7.70. The Kier molecular flexibility index (Phi) is 5.39. The van der Waals surface area contributed by atoms with Gasteiger partial charge in [-0.3, -0.25) is 9.59 Å². The van der Waals surface area contributed by atoms with Crippen molar-refractivity contribution in [1.82, 2.24) is 5.32 Å². The number of nitrogens with one attached hydrogen (secondary N) is 2. The molecule has 1 saturated carbocycles. The Morgan fingerprint density at radius 2 is 1.84 bits per heavy atom. The largest absolute Gasteiger partial charge is 0.356 e. The first-order valence-electron chi connectivity index (χ1n) is 8.43. The lowest BCUT2D eigenvalue weighted by Crippen LogP contribution is -2.29. The van der Waals surface area contributed by atoms with Crippen LogP contribution in [0, 0.1) is 18.8 Å². The van der Waals surface area contributed by atoms with Crippen molar-refractivity contribution in [2.75, 3.05) is 11.9 Å². The minimum absolute atomic E-state index is 0.0491. The molecule has 0 aliphatic heterocycles. The Bertz CT molecular complexity index is 791. The molecule has 2 amide bonds. The average Bonchev–Trinajstić information content (AvgIpc) is 3.38. The SMILES string of the molecule is Cc1ccccc1NC(=O)C1CC1C(=O)NCCc1cccc(Cl)c1. The molecule has 0 saturated heterocycles. The molecule has 0 heterocycles. The lowest BCUT2D eigenvalue weighted by atomic mass is 10.1. The smallest absolute Gasteiger partial charge is 0.228 e. The van der Waals surface area contributed by atoms with Gasteiger partial charge in [0.15, 0.2) is 0 Å². The molecule has 2 N–H and O–H groups in total. The maximum absolute atomic E-state index is 12.3. The van der Waals surface area contributed by atoms with E-state index in [1.165, 1.54) is 0 Å². The molecule has 3 rings (SSSR count). The lowest BCUT2D eigenvalue weighted by molar-refractivity contribution is -0.125. The van der Waals surface area contributed by atoms with Crippen LogP contribution in [0.25, 0.3) is 0 Å². The van der Waals surface area contributed by atoms with E-state index in [2.05, 4.69) is 10.6 Å². The zero-order chi connectivity index (χ0) is 17.8. The average molecular weight is 357 g/mol. The lowest BCUT2D eigenvalue weighted by Gasteiger charge is -2.08. The minimum Gasteiger partial charge on any atom is -0.356 e. The van der Waals surface area contributed by atoms with Crippen molar-refractivity contribution in [1.29, 1.82) is 0 Å². The number of hydrogen-bond acceptors (Lipinski definition) is 2. The van der Waals surface area contributed by atoms with Crippen LogP contribution in [0.2, 0.25) is 5.02 Å². The summed E-state index contributed by atoms with van der Waals surface area (Å²) in [4.78, 5) is 24.4. The summed E-state index contributed by atoms with van der Waals surface area (Å²) in [7, 11) is 0. The quantitative estimate of drug-likeness (QED) is 0.831. The first-order valence-corrected chi connectivity index (χ1v) is 8.81. The number of carbonyl (C=O) groups excluding carboxylic acids is 2. The van der Waals surface area contributed by atoms with E-state index in [0.29, 0.717) is 18.0 Å². The first kappa shape index (κ1) is 17.5. The van der Waals surface area contributed by atoms with Crippen molar-refractivity contribution in [3.8, 4) is 0 Å². The highest BCUT2D eigenvalue weighted by atomic mass is 35.5. The maximum atomic E-state index is 12.3. The van der Waals surface area contributed by atoms with E-state index in [1.807, 2.05) is 55.5 Å². The predicted molar refractivity (Wildman–Crippen MR) is 99.6 cm³/mol. The van der Waals surface area contributed by atoms with Crippen molar-refractivity contribution in [3.05, 3.63) is 64.7 Å². The fourth-order valence-corrected chi connectivity index (χ4v) is 3.08. The van der Waals surface area contributed by atoms with Gasteiger partial charge in [-0.15, -0.1) is 0 Å². The van der Waals surface area contributed by atoms with E-state index >= 15 is 0 Å². The van der Waals surface area contributed by atoms with E-state index in [9.17, 15) is 9.59 Å².